The Bertz CT molecular complexity index is 779. The van der Waals surface area contributed by atoms with E-state index in [-0.39, 0.29) is 23.8 Å². The number of hydrogen-bond acceptors (Lipinski definition) is 4. The van der Waals surface area contributed by atoms with Gasteiger partial charge < -0.3 is 20.9 Å². The van der Waals surface area contributed by atoms with E-state index in [0.29, 0.717) is 13.0 Å². The Balaban J connectivity index is 1.43. The molecule has 3 rings (SSSR count). The zero-order chi connectivity index (χ0) is 21.5. The molecular formula is C22H34N6O2. The van der Waals surface area contributed by atoms with E-state index in [2.05, 4.69) is 31.9 Å². The number of para-hydroxylation sites is 1. The number of aliphatic imine (C=N–C) groups is 1. The van der Waals surface area contributed by atoms with Crippen molar-refractivity contribution in [2.75, 3.05) is 52.6 Å². The molecule has 0 aromatic heterocycles. The number of nitrogens with one attached hydrogen (secondary N) is 3. The summed E-state index contributed by atoms with van der Waals surface area (Å²) in [5, 5.41) is 9.64. The van der Waals surface area contributed by atoms with Gasteiger partial charge in [0.1, 0.15) is 0 Å². The average molecular weight is 415 g/mol. The molecule has 0 spiro atoms. The van der Waals surface area contributed by atoms with Gasteiger partial charge in [0, 0.05) is 58.8 Å². The van der Waals surface area contributed by atoms with E-state index in [1.165, 1.54) is 0 Å². The summed E-state index contributed by atoms with van der Waals surface area (Å²) < 4.78 is 0. The lowest BCUT2D eigenvalue weighted by Crippen LogP contribution is -2.44. The SMILES string of the molecule is CN=C(NCCCN1CCCC1C(=O)N(C)C)NCC1CC(=O)Nc2ccccc21. The van der Waals surface area contributed by atoms with E-state index in [1.807, 2.05) is 32.3 Å². The average Bonchev–Trinajstić information content (AvgIpc) is 3.20. The van der Waals surface area contributed by atoms with Crippen LogP contribution in [0.1, 0.15) is 37.2 Å². The number of guanidine groups is 1. The molecule has 1 saturated heterocycles. The summed E-state index contributed by atoms with van der Waals surface area (Å²) in [5.74, 6) is 1.11. The number of amides is 2. The lowest BCUT2D eigenvalue weighted by atomic mass is 9.90. The highest BCUT2D eigenvalue weighted by atomic mass is 16.2. The number of likely N-dealkylation sites (tertiary alicyclic amines) is 1. The van der Waals surface area contributed by atoms with Crippen LogP contribution in [0.15, 0.2) is 29.3 Å². The van der Waals surface area contributed by atoms with E-state index in [4.69, 9.17) is 0 Å². The molecule has 1 aromatic carbocycles. The first kappa shape index (κ1) is 22.1. The van der Waals surface area contributed by atoms with E-state index in [9.17, 15) is 9.59 Å². The minimum Gasteiger partial charge on any atom is -0.356 e. The third-order valence-electron chi connectivity index (χ3n) is 5.85. The van der Waals surface area contributed by atoms with Crippen molar-refractivity contribution in [1.29, 1.82) is 0 Å². The third-order valence-corrected chi connectivity index (χ3v) is 5.85. The minimum absolute atomic E-state index is 0.0231. The normalized spacial score (nSPS) is 21.7. The second kappa shape index (κ2) is 10.4. The second-order valence-corrected chi connectivity index (χ2v) is 8.20. The van der Waals surface area contributed by atoms with Gasteiger partial charge in [0.05, 0.1) is 6.04 Å². The Labute approximate surface area is 179 Å². The predicted octanol–water partition coefficient (Wildman–Crippen LogP) is 1.22. The highest BCUT2D eigenvalue weighted by Gasteiger charge is 2.31. The fourth-order valence-electron chi connectivity index (χ4n) is 4.28. The summed E-state index contributed by atoms with van der Waals surface area (Å²) in [6, 6.07) is 7.97. The third kappa shape index (κ3) is 5.50. The zero-order valence-electron chi connectivity index (χ0n) is 18.3. The molecule has 2 atom stereocenters. The van der Waals surface area contributed by atoms with Gasteiger partial charge in [-0.15, -0.1) is 0 Å². The van der Waals surface area contributed by atoms with Gasteiger partial charge in [-0.05, 0) is 37.4 Å². The van der Waals surface area contributed by atoms with Gasteiger partial charge in [0.25, 0.3) is 0 Å². The molecule has 2 aliphatic rings. The van der Waals surface area contributed by atoms with Crippen molar-refractivity contribution < 1.29 is 9.59 Å². The molecule has 164 valence electrons. The van der Waals surface area contributed by atoms with Crippen molar-refractivity contribution in [2.45, 2.75) is 37.6 Å². The monoisotopic (exact) mass is 414 g/mol. The second-order valence-electron chi connectivity index (χ2n) is 8.20. The lowest BCUT2D eigenvalue weighted by Gasteiger charge is -2.27. The Morgan fingerprint density at radius 2 is 2.10 bits per heavy atom. The first-order chi connectivity index (χ1) is 14.5. The largest absolute Gasteiger partial charge is 0.356 e. The molecule has 0 saturated carbocycles. The minimum atomic E-state index is 0.0231. The smallest absolute Gasteiger partial charge is 0.239 e. The molecule has 30 heavy (non-hydrogen) atoms. The predicted molar refractivity (Wildman–Crippen MR) is 120 cm³/mol. The number of fused-ring (bicyclic) bond motifs is 1. The summed E-state index contributed by atoms with van der Waals surface area (Å²) in [7, 11) is 5.40. The van der Waals surface area contributed by atoms with Crippen LogP contribution in [0, 0.1) is 0 Å². The number of nitrogens with zero attached hydrogens (tertiary/aromatic N) is 3. The number of hydrogen-bond donors (Lipinski definition) is 3. The Morgan fingerprint density at radius 1 is 1.30 bits per heavy atom. The zero-order valence-corrected chi connectivity index (χ0v) is 18.3. The molecule has 0 aliphatic carbocycles. The molecule has 0 radical (unpaired) electrons. The van der Waals surface area contributed by atoms with E-state index in [0.717, 1.165) is 56.1 Å². The van der Waals surface area contributed by atoms with Crippen LogP contribution in [0.5, 0.6) is 0 Å². The van der Waals surface area contributed by atoms with Gasteiger partial charge in [-0.2, -0.15) is 0 Å². The van der Waals surface area contributed by atoms with Crippen molar-refractivity contribution in [2.24, 2.45) is 4.99 Å². The fraction of sp³-hybridized carbons (Fsp3) is 0.591. The maximum absolute atomic E-state index is 12.3. The number of anilines is 1. The van der Waals surface area contributed by atoms with E-state index in [1.54, 1.807) is 11.9 Å². The van der Waals surface area contributed by atoms with Crippen LogP contribution in [-0.4, -0.2) is 80.9 Å². The van der Waals surface area contributed by atoms with Crippen LogP contribution >= 0.6 is 0 Å². The van der Waals surface area contributed by atoms with Gasteiger partial charge in [-0.3, -0.25) is 19.5 Å². The summed E-state index contributed by atoms with van der Waals surface area (Å²) in [5.41, 5.74) is 2.06. The van der Waals surface area contributed by atoms with Gasteiger partial charge in [0.2, 0.25) is 11.8 Å². The van der Waals surface area contributed by atoms with Crippen molar-refractivity contribution in [3.8, 4) is 0 Å². The van der Waals surface area contributed by atoms with Crippen LogP contribution < -0.4 is 16.0 Å². The standard InChI is InChI=1S/C22H34N6O2/c1-23-22(24-11-7-13-28-12-6-10-19(28)21(30)27(2)3)25-15-16-14-20(29)26-18-9-5-4-8-17(16)18/h4-5,8-9,16,19H,6-7,10-15H2,1-3H3,(H,26,29)(H2,23,24,25). The molecular weight excluding hydrogens is 380 g/mol. The molecule has 8 heteroatoms. The van der Waals surface area contributed by atoms with Crippen LogP contribution in [0.25, 0.3) is 0 Å². The maximum atomic E-state index is 12.3. The van der Waals surface area contributed by atoms with Crippen molar-refractivity contribution >= 4 is 23.5 Å². The van der Waals surface area contributed by atoms with E-state index >= 15 is 0 Å². The van der Waals surface area contributed by atoms with Crippen LogP contribution in [-0.2, 0) is 9.59 Å². The van der Waals surface area contributed by atoms with Crippen LogP contribution in [0.4, 0.5) is 5.69 Å². The number of benzene rings is 1. The highest BCUT2D eigenvalue weighted by molar-refractivity contribution is 5.94. The van der Waals surface area contributed by atoms with Gasteiger partial charge in [-0.25, -0.2) is 0 Å². The molecule has 1 fully saturated rings. The highest BCUT2D eigenvalue weighted by Crippen LogP contribution is 2.31. The van der Waals surface area contributed by atoms with Crippen molar-refractivity contribution in [1.82, 2.24) is 20.4 Å². The summed E-state index contributed by atoms with van der Waals surface area (Å²) in [4.78, 5) is 32.6. The summed E-state index contributed by atoms with van der Waals surface area (Å²) in [6.07, 6.45) is 3.44. The maximum Gasteiger partial charge on any atom is 0.239 e. The van der Waals surface area contributed by atoms with Gasteiger partial charge in [0.15, 0.2) is 5.96 Å². The topological polar surface area (TPSA) is 89.1 Å². The molecule has 0 bridgehead atoms. The number of carbonyl (C=O) groups excluding carboxylic acids is 2. The van der Waals surface area contributed by atoms with Crippen molar-refractivity contribution in [3.05, 3.63) is 29.8 Å². The van der Waals surface area contributed by atoms with E-state index < -0.39 is 0 Å². The first-order valence-corrected chi connectivity index (χ1v) is 10.8. The van der Waals surface area contributed by atoms with Gasteiger partial charge in [-0.1, -0.05) is 18.2 Å². The molecule has 2 amide bonds. The van der Waals surface area contributed by atoms with Crippen LogP contribution in [0.3, 0.4) is 0 Å². The Hall–Kier alpha value is -2.61. The first-order valence-electron chi connectivity index (χ1n) is 10.8. The molecule has 8 nitrogen and oxygen atoms in total. The van der Waals surface area contributed by atoms with Gasteiger partial charge >= 0.3 is 0 Å². The number of carbonyl (C=O) groups is 2. The molecule has 1 aromatic rings. The quantitative estimate of drug-likeness (QED) is 0.355. The molecule has 2 heterocycles. The molecule has 2 aliphatic heterocycles. The van der Waals surface area contributed by atoms with Crippen molar-refractivity contribution in [3.63, 3.8) is 0 Å². The molecule has 2 unspecified atom stereocenters. The van der Waals surface area contributed by atoms with Crippen LogP contribution in [0.2, 0.25) is 0 Å². The summed E-state index contributed by atoms with van der Waals surface area (Å²) in [6.45, 7) is 3.31. The number of rotatable bonds is 7. The Morgan fingerprint density at radius 3 is 2.87 bits per heavy atom. The lowest BCUT2D eigenvalue weighted by molar-refractivity contribution is -0.133. The summed E-state index contributed by atoms with van der Waals surface area (Å²) >= 11 is 0. The molecule has 3 N–H and O–H groups in total. The Kier molecular flexibility index (Phi) is 7.68. The fourth-order valence-corrected chi connectivity index (χ4v) is 4.28. The number of likely N-dealkylation sites (N-methyl/N-ethyl adjacent to an activating group) is 1.